The third-order valence-corrected chi connectivity index (χ3v) is 6.47. The van der Waals surface area contributed by atoms with E-state index in [4.69, 9.17) is 0 Å². The fourth-order valence-electron chi connectivity index (χ4n) is 2.23. The summed E-state index contributed by atoms with van der Waals surface area (Å²) >= 11 is 1.19. The Bertz CT molecular complexity index is 932. The van der Waals surface area contributed by atoms with Crippen LogP contribution in [0.15, 0.2) is 64.2 Å². The number of hydrogen-bond donors (Lipinski definition) is 2. The van der Waals surface area contributed by atoms with Crippen LogP contribution in [0.1, 0.15) is 11.1 Å². The molecule has 124 valence electrons. The van der Waals surface area contributed by atoms with Gasteiger partial charge in [-0.25, -0.2) is 8.42 Å². The van der Waals surface area contributed by atoms with Gasteiger partial charge in [-0.05, 0) is 72.8 Å². The summed E-state index contributed by atoms with van der Waals surface area (Å²) in [5.41, 5.74) is 4.91. The second kappa shape index (κ2) is 6.67. The van der Waals surface area contributed by atoms with Gasteiger partial charge in [0, 0.05) is 17.1 Å². The van der Waals surface area contributed by atoms with E-state index >= 15 is 0 Å². The maximum absolute atomic E-state index is 12.2. The van der Waals surface area contributed by atoms with Gasteiger partial charge < -0.3 is 5.32 Å². The minimum absolute atomic E-state index is 0.305. The van der Waals surface area contributed by atoms with Crippen molar-refractivity contribution in [2.24, 2.45) is 0 Å². The third-order valence-electron chi connectivity index (χ3n) is 3.69. The smallest absolute Gasteiger partial charge is 0.271 e. The van der Waals surface area contributed by atoms with Crippen molar-refractivity contribution in [1.82, 2.24) is 0 Å². The lowest BCUT2D eigenvalue weighted by Gasteiger charge is -2.10. The van der Waals surface area contributed by atoms with Gasteiger partial charge in [0.1, 0.15) is 4.21 Å². The van der Waals surface area contributed by atoms with Crippen LogP contribution in [-0.4, -0.2) is 8.42 Å². The molecule has 0 saturated carbocycles. The molecule has 0 aliphatic rings. The Balaban J connectivity index is 1.72. The van der Waals surface area contributed by atoms with Crippen LogP contribution in [-0.2, 0) is 10.0 Å². The maximum atomic E-state index is 12.2. The Kier molecular flexibility index (Phi) is 4.59. The van der Waals surface area contributed by atoms with Gasteiger partial charge in [-0.2, -0.15) is 0 Å². The summed E-state index contributed by atoms with van der Waals surface area (Å²) in [5.74, 6) is 0. The van der Waals surface area contributed by atoms with Gasteiger partial charge in [0.2, 0.25) is 0 Å². The van der Waals surface area contributed by atoms with E-state index in [1.165, 1.54) is 22.5 Å². The summed E-state index contributed by atoms with van der Waals surface area (Å²) in [7, 11) is -3.50. The lowest BCUT2D eigenvalue weighted by molar-refractivity contribution is 0.603. The van der Waals surface area contributed by atoms with Crippen LogP contribution in [0.2, 0.25) is 0 Å². The summed E-state index contributed by atoms with van der Waals surface area (Å²) < 4.78 is 27.3. The van der Waals surface area contributed by atoms with Crippen LogP contribution >= 0.6 is 11.3 Å². The minimum atomic E-state index is -3.50. The van der Waals surface area contributed by atoms with E-state index in [0.717, 1.165) is 11.4 Å². The van der Waals surface area contributed by atoms with Gasteiger partial charge in [0.15, 0.2) is 0 Å². The van der Waals surface area contributed by atoms with Crippen LogP contribution < -0.4 is 10.0 Å². The zero-order chi connectivity index (χ0) is 17.2. The SMILES string of the molecule is Cc1ccc(Nc2ccc(NS(=O)(=O)c3cccs3)cc2)cc1C. The number of nitrogens with one attached hydrogen (secondary N) is 2. The first kappa shape index (κ1) is 16.5. The first-order valence-corrected chi connectivity index (χ1v) is 9.81. The predicted molar refractivity (Wildman–Crippen MR) is 101 cm³/mol. The summed E-state index contributed by atoms with van der Waals surface area (Å²) in [6.45, 7) is 4.15. The minimum Gasteiger partial charge on any atom is -0.356 e. The Morgan fingerprint density at radius 2 is 1.50 bits per heavy atom. The first-order valence-electron chi connectivity index (χ1n) is 7.45. The highest BCUT2D eigenvalue weighted by molar-refractivity contribution is 7.94. The molecule has 0 spiro atoms. The summed E-state index contributed by atoms with van der Waals surface area (Å²) in [6, 6.07) is 16.7. The zero-order valence-electron chi connectivity index (χ0n) is 13.4. The Morgan fingerprint density at radius 3 is 2.12 bits per heavy atom. The largest absolute Gasteiger partial charge is 0.356 e. The van der Waals surface area contributed by atoms with Crippen LogP contribution in [0.3, 0.4) is 0 Å². The van der Waals surface area contributed by atoms with Crippen molar-refractivity contribution in [1.29, 1.82) is 0 Å². The molecule has 4 nitrogen and oxygen atoms in total. The quantitative estimate of drug-likeness (QED) is 0.681. The van der Waals surface area contributed by atoms with Gasteiger partial charge in [0.25, 0.3) is 10.0 Å². The fourth-order valence-corrected chi connectivity index (χ4v) is 4.28. The van der Waals surface area contributed by atoms with E-state index in [0.29, 0.717) is 9.90 Å². The lowest BCUT2D eigenvalue weighted by Crippen LogP contribution is -2.11. The van der Waals surface area contributed by atoms with E-state index in [9.17, 15) is 8.42 Å². The summed E-state index contributed by atoms with van der Waals surface area (Å²) in [6.07, 6.45) is 0. The van der Waals surface area contributed by atoms with Gasteiger partial charge in [-0.3, -0.25) is 4.72 Å². The molecule has 2 aromatic carbocycles. The van der Waals surface area contributed by atoms with Gasteiger partial charge in [-0.15, -0.1) is 11.3 Å². The topological polar surface area (TPSA) is 58.2 Å². The molecule has 3 aromatic rings. The number of hydrogen-bond acceptors (Lipinski definition) is 4. The molecular weight excluding hydrogens is 340 g/mol. The van der Waals surface area contributed by atoms with Crippen molar-refractivity contribution in [3.8, 4) is 0 Å². The predicted octanol–water partition coefficient (Wildman–Crippen LogP) is 4.91. The highest BCUT2D eigenvalue weighted by Gasteiger charge is 2.14. The van der Waals surface area contributed by atoms with Gasteiger partial charge in [0.05, 0.1) is 0 Å². The number of benzene rings is 2. The van der Waals surface area contributed by atoms with Crippen LogP contribution in [0.25, 0.3) is 0 Å². The highest BCUT2D eigenvalue weighted by Crippen LogP contribution is 2.23. The number of anilines is 3. The van der Waals surface area contributed by atoms with E-state index in [-0.39, 0.29) is 0 Å². The van der Waals surface area contributed by atoms with E-state index in [2.05, 4.69) is 36.0 Å². The molecule has 0 unspecified atom stereocenters. The molecule has 6 heteroatoms. The molecule has 24 heavy (non-hydrogen) atoms. The third kappa shape index (κ3) is 3.77. The number of aryl methyl sites for hydroxylation is 2. The second-order valence-electron chi connectivity index (χ2n) is 5.54. The molecule has 0 aliphatic carbocycles. The monoisotopic (exact) mass is 358 g/mol. The second-order valence-corrected chi connectivity index (χ2v) is 8.40. The van der Waals surface area contributed by atoms with Gasteiger partial charge in [-0.1, -0.05) is 12.1 Å². The number of rotatable bonds is 5. The van der Waals surface area contributed by atoms with E-state index in [1.54, 1.807) is 29.6 Å². The Labute approximate surface area is 146 Å². The van der Waals surface area contributed by atoms with Crippen molar-refractivity contribution >= 4 is 38.4 Å². The van der Waals surface area contributed by atoms with Crippen LogP contribution in [0.5, 0.6) is 0 Å². The lowest BCUT2D eigenvalue weighted by atomic mass is 10.1. The average Bonchev–Trinajstić information content (AvgIpc) is 3.08. The molecule has 0 atom stereocenters. The van der Waals surface area contributed by atoms with E-state index in [1.807, 2.05) is 18.2 Å². The first-order chi connectivity index (χ1) is 11.4. The van der Waals surface area contributed by atoms with E-state index < -0.39 is 10.0 Å². The highest BCUT2D eigenvalue weighted by atomic mass is 32.2. The molecule has 1 heterocycles. The Hall–Kier alpha value is -2.31. The molecule has 3 rings (SSSR count). The van der Waals surface area contributed by atoms with Crippen LogP contribution in [0.4, 0.5) is 17.1 Å². The van der Waals surface area contributed by atoms with Crippen molar-refractivity contribution in [3.05, 3.63) is 71.1 Å². The molecule has 2 N–H and O–H groups in total. The molecular formula is C18H18N2O2S2. The fraction of sp³-hybridized carbons (Fsp3) is 0.111. The molecule has 0 bridgehead atoms. The standard InChI is InChI=1S/C18H18N2O2S2/c1-13-5-6-17(12-14(13)2)19-15-7-9-16(10-8-15)20-24(21,22)18-4-3-11-23-18/h3-12,19-20H,1-2H3. The maximum Gasteiger partial charge on any atom is 0.271 e. The van der Waals surface area contributed by atoms with Crippen molar-refractivity contribution in [3.63, 3.8) is 0 Å². The number of thiophene rings is 1. The van der Waals surface area contributed by atoms with Crippen LogP contribution in [0, 0.1) is 13.8 Å². The zero-order valence-corrected chi connectivity index (χ0v) is 15.0. The molecule has 1 aromatic heterocycles. The van der Waals surface area contributed by atoms with Crippen molar-refractivity contribution < 1.29 is 8.42 Å². The van der Waals surface area contributed by atoms with Crippen molar-refractivity contribution in [2.75, 3.05) is 10.0 Å². The number of sulfonamides is 1. The Morgan fingerprint density at radius 1 is 0.833 bits per heavy atom. The molecule has 0 radical (unpaired) electrons. The summed E-state index contributed by atoms with van der Waals surface area (Å²) in [5, 5.41) is 5.06. The molecule has 0 fully saturated rings. The molecule has 0 amide bonds. The van der Waals surface area contributed by atoms with Crippen molar-refractivity contribution in [2.45, 2.75) is 18.1 Å². The normalized spacial score (nSPS) is 11.2. The summed E-state index contributed by atoms with van der Waals surface area (Å²) in [4.78, 5) is 0. The molecule has 0 saturated heterocycles. The van der Waals surface area contributed by atoms with Gasteiger partial charge >= 0.3 is 0 Å². The molecule has 0 aliphatic heterocycles. The average molecular weight is 358 g/mol.